The normalized spacial score (nSPS) is 37.1. The molecule has 1 nitrogen and oxygen atoms in total. The average molecular weight is 252 g/mol. The van der Waals surface area contributed by atoms with Crippen LogP contribution in [-0.2, 0) is 5.41 Å². The van der Waals surface area contributed by atoms with Crippen LogP contribution in [0.3, 0.4) is 0 Å². The summed E-state index contributed by atoms with van der Waals surface area (Å²) >= 11 is 0. The van der Waals surface area contributed by atoms with E-state index in [2.05, 4.69) is 49.4 Å². The summed E-state index contributed by atoms with van der Waals surface area (Å²) in [6, 6.07) is 15.5. The molecule has 0 aliphatic heterocycles. The summed E-state index contributed by atoms with van der Waals surface area (Å²) in [5, 5.41) is 12.6. The molecule has 2 saturated carbocycles. The largest absolute Gasteiger partial charge is 0.393 e. The van der Waals surface area contributed by atoms with E-state index in [1.54, 1.807) is 0 Å². The Morgan fingerprint density at radius 3 is 2.53 bits per heavy atom. The topological polar surface area (TPSA) is 20.2 Å². The molecular weight excluding hydrogens is 232 g/mol. The molecule has 1 N–H and O–H groups in total. The number of aliphatic hydroxyl groups excluding tert-OH is 1. The van der Waals surface area contributed by atoms with Crippen LogP contribution in [0.1, 0.15) is 31.7 Å². The van der Waals surface area contributed by atoms with Crippen molar-refractivity contribution in [2.24, 2.45) is 11.8 Å². The Labute approximate surface area is 114 Å². The molecule has 0 aromatic heterocycles. The van der Waals surface area contributed by atoms with Gasteiger partial charge in [0.25, 0.3) is 0 Å². The zero-order valence-electron chi connectivity index (χ0n) is 11.3. The molecule has 2 aliphatic carbocycles. The van der Waals surface area contributed by atoms with Gasteiger partial charge in [-0.15, -0.1) is 0 Å². The van der Waals surface area contributed by atoms with Crippen LogP contribution in [0.25, 0.3) is 10.8 Å². The van der Waals surface area contributed by atoms with E-state index in [9.17, 15) is 5.11 Å². The molecule has 4 rings (SSSR count). The van der Waals surface area contributed by atoms with Gasteiger partial charge in [0.05, 0.1) is 6.10 Å². The number of hydrogen-bond donors (Lipinski definition) is 1. The zero-order chi connectivity index (χ0) is 13.0. The first kappa shape index (κ1) is 11.5. The predicted molar refractivity (Wildman–Crippen MR) is 78.1 cm³/mol. The van der Waals surface area contributed by atoms with Gasteiger partial charge in [-0.05, 0) is 52.8 Å². The summed E-state index contributed by atoms with van der Waals surface area (Å²) in [7, 11) is 0. The third kappa shape index (κ3) is 1.58. The van der Waals surface area contributed by atoms with Crippen LogP contribution < -0.4 is 0 Å². The van der Waals surface area contributed by atoms with E-state index in [4.69, 9.17) is 0 Å². The van der Waals surface area contributed by atoms with E-state index < -0.39 is 0 Å². The molecular formula is C18H20O. The van der Waals surface area contributed by atoms with Crippen molar-refractivity contribution in [3.63, 3.8) is 0 Å². The van der Waals surface area contributed by atoms with E-state index in [1.165, 1.54) is 22.8 Å². The highest BCUT2D eigenvalue weighted by Crippen LogP contribution is 2.56. The second kappa shape index (κ2) is 3.83. The summed E-state index contributed by atoms with van der Waals surface area (Å²) in [6.07, 6.45) is 3.31. The molecule has 19 heavy (non-hydrogen) atoms. The smallest absolute Gasteiger partial charge is 0.0571 e. The van der Waals surface area contributed by atoms with Gasteiger partial charge < -0.3 is 5.11 Å². The van der Waals surface area contributed by atoms with Crippen molar-refractivity contribution in [1.29, 1.82) is 0 Å². The standard InChI is InChI=1S/C18H20O/c1-18(11-14-9-16(18)10-17(14)19)15-7-6-12-4-2-3-5-13(12)8-15/h2-8,14,16-17,19H,9-11H2,1H3. The molecule has 2 fully saturated rings. The first-order valence-corrected chi connectivity index (χ1v) is 7.34. The van der Waals surface area contributed by atoms with Gasteiger partial charge in [-0.2, -0.15) is 0 Å². The maximum absolute atomic E-state index is 9.97. The lowest BCUT2D eigenvalue weighted by Crippen LogP contribution is -2.33. The molecule has 0 radical (unpaired) electrons. The first-order chi connectivity index (χ1) is 9.17. The van der Waals surface area contributed by atoms with E-state index in [1.807, 2.05) is 0 Å². The van der Waals surface area contributed by atoms with E-state index in [-0.39, 0.29) is 11.5 Å². The molecule has 98 valence electrons. The van der Waals surface area contributed by atoms with Gasteiger partial charge in [-0.25, -0.2) is 0 Å². The van der Waals surface area contributed by atoms with Crippen molar-refractivity contribution in [1.82, 2.24) is 0 Å². The van der Waals surface area contributed by atoms with Crippen LogP contribution >= 0.6 is 0 Å². The van der Waals surface area contributed by atoms with Crippen molar-refractivity contribution in [2.75, 3.05) is 0 Å². The molecule has 2 aromatic rings. The molecule has 0 heterocycles. The molecule has 2 aromatic carbocycles. The first-order valence-electron chi connectivity index (χ1n) is 7.34. The number of benzene rings is 2. The molecule has 0 amide bonds. The van der Waals surface area contributed by atoms with Gasteiger partial charge in [0.1, 0.15) is 0 Å². The fourth-order valence-electron chi connectivity index (χ4n) is 4.45. The number of fused-ring (bicyclic) bond motifs is 3. The second-order valence-electron chi connectivity index (χ2n) is 6.68. The minimum Gasteiger partial charge on any atom is -0.393 e. The lowest BCUT2D eigenvalue weighted by Gasteiger charge is -2.36. The molecule has 4 atom stereocenters. The molecule has 2 bridgehead atoms. The van der Waals surface area contributed by atoms with Crippen molar-refractivity contribution in [3.05, 3.63) is 48.0 Å². The lowest BCUT2D eigenvalue weighted by atomic mass is 9.69. The highest BCUT2D eigenvalue weighted by molar-refractivity contribution is 5.83. The van der Waals surface area contributed by atoms with Crippen molar-refractivity contribution >= 4 is 10.8 Å². The van der Waals surface area contributed by atoms with Crippen molar-refractivity contribution in [3.8, 4) is 0 Å². The highest BCUT2D eigenvalue weighted by atomic mass is 16.3. The van der Waals surface area contributed by atoms with E-state index in [0.29, 0.717) is 11.8 Å². The summed E-state index contributed by atoms with van der Waals surface area (Å²) < 4.78 is 0. The van der Waals surface area contributed by atoms with Gasteiger partial charge >= 0.3 is 0 Å². The van der Waals surface area contributed by atoms with Gasteiger partial charge in [0.15, 0.2) is 0 Å². The van der Waals surface area contributed by atoms with Crippen LogP contribution in [0.15, 0.2) is 42.5 Å². The van der Waals surface area contributed by atoms with Crippen LogP contribution in [0.2, 0.25) is 0 Å². The Hall–Kier alpha value is -1.34. The summed E-state index contributed by atoms with van der Waals surface area (Å²) in [4.78, 5) is 0. The minimum absolute atomic E-state index is 0.0430. The fraction of sp³-hybridized carbons (Fsp3) is 0.444. The summed E-state index contributed by atoms with van der Waals surface area (Å²) in [5.41, 5.74) is 1.74. The zero-order valence-corrected chi connectivity index (χ0v) is 11.3. The Morgan fingerprint density at radius 2 is 1.84 bits per heavy atom. The predicted octanol–water partition coefficient (Wildman–Crippen LogP) is 3.89. The van der Waals surface area contributed by atoms with Gasteiger partial charge in [-0.1, -0.05) is 49.4 Å². The van der Waals surface area contributed by atoms with Crippen LogP contribution in [0, 0.1) is 11.8 Å². The Morgan fingerprint density at radius 1 is 1.05 bits per heavy atom. The fourth-order valence-corrected chi connectivity index (χ4v) is 4.45. The van der Waals surface area contributed by atoms with Gasteiger partial charge in [0.2, 0.25) is 0 Å². The highest BCUT2D eigenvalue weighted by Gasteiger charge is 2.52. The minimum atomic E-state index is -0.0430. The van der Waals surface area contributed by atoms with E-state index >= 15 is 0 Å². The third-order valence-electron chi connectivity index (χ3n) is 5.65. The molecule has 1 heteroatoms. The Balaban J connectivity index is 1.78. The SMILES string of the molecule is CC1(c2ccc3ccccc3c2)CC2CC1CC2O. The number of rotatable bonds is 1. The Kier molecular flexibility index (Phi) is 2.32. The molecule has 0 saturated heterocycles. The van der Waals surface area contributed by atoms with Gasteiger partial charge in [0, 0.05) is 0 Å². The van der Waals surface area contributed by atoms with Crippen LogP contribution in [0.4, 0.5) is 0 Å². The third-order valence-corrected chi connectivity index (χ3v) is 5.65. The lowest BCUT2D eigenvalue weighted by molar-refractivity contribution is 0.0879. The maximum Gasteiger partial charge on any atom is 0.0571 e. The Bertz CT molecular complexity index is 630. The summed E-state index contributed by atoms with van der Waals surface area (Å²) in [6.45, 7) is 2.40. The maximum atomic E-state index is 9.97. The molecule has 4 unspecified atom stereocenters. The van der Waals surface area contributed by atoms with Crippen molar-refractivity contribution < 1.29 is 5.11 Å². The molecule has 2 aliphatic rings. The van der Waals surface area contributed by atoms with Crippen molar-refractivity contribution in [2.45, 2.75) is 37.7 Å². The monoisotopic (exact) mass is 252 g/mol. The van der Waals surface area contributed by atoms with Crippen LogP contribution in [0.5, 0.6) is 0 Å². The quantitative estimate of drug-likeness (QED) is 0.816. The number of hydrogen-bond acceptors (Lipinski definition) is 1. The molecule has 0 spiro atoms. The van der Waals surface area contributed by atoms with Gasteiger partial charge in [-0.3, -0.25) is 0 Å². The average Bonchev–Trinajstić information content (AvgIpc) is 2.95. The summed E-state index contributed by atoms with van der Waals surface area (Å²) in [5.74, 6) is 1.19. The van der Waals surface area contributed by atoms with E-state index in [0.717, 1.165) is 12.8 Å². The van der Waals surface area contributed by atoms with Crippen LogP contribution in [-0.4, -0.2) is 11.2 Å². The second-order valence-corrected chi connectivity index (χ2v) is 6.68. The number of aliphatic hydroxyl groups is 1.